The maximum atomic E-state index is 11.8. The summed E-state index contributed by atoms with van der Waals surface area (Å²) < 4.78 is 0. The number of carbonyl (C=O) groups excluding carboxylic acids is 2. The molecule has 0 saturated carbocycles. The van der Waals surface area contributed by atoms with E-state index < -0.39 is 22.9 Å². The van der Waals surface area contributed by atoms with Crippen molar-refractivity contribution in [2.45, 2.75) is 24.9 Å². The second-order valence-corrected chi connectivity index (χ2v) is 5.39. The molecule has 2 rings (SSSR count). The molecule has 0 aromatic carbocycles. The van der Waals surface area contributed by atoms with Crippen molar-refractivity contribution >= 4 is 23.5 Å². The van der Waals surface area contributed by atoms with Crippen LogP contribution in [0.3, 0.4) is 0 Å². The third-order valence-electron chi connectivity index (χ3n) is 3.68. The molecule has 120 valence electrons. The van der Waals surface area contributed by atoms with Crippen molar-refractivity contribution < 1.29 is 9.59 Å². The van der Waals surface area contributed by atoms with Crippen LogP contribution in [0.1, 0.15) is 13.8 Å². The quantitative estimate of drug-likeness (QED) is 0.415. The molecule has 0 spiro atoms. The number of hydrogen-bond donors (Lipinski definition) is 4. The molecule has 0 fully saturated rings. The van der Waals surface area contributed by atoms with Gasteiger partial charge in [0.25, 0.3) is 11.8 Å². The van der Waals surface area contributed by atoms with Crippen LogP contribution in [0.15, 0.2) is 20.2 Å². The number of amides is 2. The SMILES string of the molecule is CC(N=NC(C)(C(N)=O)C1=NCCN1)(C(N)=O)C1=NCCN1. The third kappa shape index (κ3) is 2.63. The predicted octanol–water partition coefficient (Wildman–Crippen LogP) is -2.07. The van der Waals surface area contributed by atoms with Gasteiger partial charge in [-0.2, -0.15) is 10.2 Å². The minimum atomic E-state index is -1.48. The average molecular weight is 308 g/mol. The van der Waals surface area contributed by atoms with Crippen LogP contribution in [0, 0.1) is 0 Å². The van der Waals surface area contributed by atoms with Crippen LogP contribution in [0.4, 0.5) is 0 Å². The van der Waals surface area contributed by atoms with E-state index in [-0.39, 0.29) is 0 Å². The molecular formula is C12H20N8O2. The molecule has 0 saturated heterocycles. The van der Waals surface area contributed by atoms with Crippen molar-refractivity contribution in [2.75, 3.05) is 26.2 Å². The molecular weight excluding hydrogens is 288 g/mol. The molecule has 0 aromatic rings. The standard InChI is InChI=1S/C12H20N8O2/c1-11(7(13)21,9-15-3-4-16-9)19-20-12(2,8(14)22)10-17-5-6-18-10/h3-6H2,1-2H3,(H2,13,21)(H2,14,22)(H,15,16)(H,17,18). The lowest BCUT2D eigenvalue weighted by Crippen LogP contribution is -2.53. The second-order valence-electron chi connectivity index (χ2n) is 5.39. The fourth-order valence-corrected chi connectivity index (χ4v) is 2.07. The summed E-state index contributed by atoms with van der Waals surface area (Å²) in [6, 6.07) is 0. The first-order chi connectivity index (χ1) is 10.3. The Bertz CT molecular complexity index is 534. The number of azo groups is 1. The van der Waals surface area contributed by atoms with E-state index in [1.54, 1.807) is 0 Å². The molecule has 2 aliphatic rings. The van der Waals surface area contributed by atoms with Crippen LogP contribution in [0.25, 0.3) is 0 Å². The smallest absolute Gasteiger partial charge is 0.254 e. The second kappa shape index (κ2) is 5.70. The minimum Gasteiger partial charge on any atom is -0.369 e. The van der Waals surface area contributed by atoms with E-state index in [0.717, 1.165) is 0 Å². The summed E-state index contributed by atoms with van der Waals surface area (Å²) in [4.78, 5) is 31.9. The fraction of sp³-hybridized carbons (Fsp3) is 0.667. The third-order valence-corrected chi connectivity index (χ3v) is 3.68. The summed E-state index contributed by atoms with van der Waals surface area (Å²) in [6.45, 7) is 5.21. The van der Waals surface area contributed by atoms with E-state index >= 15 is 0 Å². The van der Waals surface area contributed by atoms with Crippen LogP contribution in [0.5, 0.6) is 0 Å². The van der Waals surface area contributed by atoms with Gasteiger partial charge in [0.05, 0.1) is 13.1 Å². The molecule has 2 atom stereocenters. The summed E-state index contributed by atoms with van der Waals surface area (Å²) in [5.74, 6) is -0.788. The molecule has 0 aromatic heterocycles. The maximum Gasteiger partial charge on any atom is 0.254 e. The van der Waals surface area contributed by atoms with Gasteiger partial charge in [0.2, 0.25) is 11.1 Å². The fourth-order valence-electron chi connectivity index (χ4n) is 2.07. The topological polar surface area (TPSA) is 160 Å². The van der Waals surface area contributed by atoms with Crippen molar-refractivity contribution in [3.8, 4) is 0 Å². The monoisotopic (exact) mass is 308 g/mol. The van der Waals surface area contributed by atoms with Crippen LogP contribution in [-0.4, -0.2) is 60.7 Å². The summed E-state index contributed by atoms with van der Waals surface area (Å²) in [6.07, 6.45) is 0. The van der Waals surface area contributed by atoms with Crippen LogP contribution in [-0.2, 0) is 9.59 Å². The zero-order chi connectivity index (χ0) is 16.4. The normalized spacial score (nSPS) is 23.0. The van der Waals surface area contributed by atoms with Crippen molar-refractivity contribution in [1.82, 2.24) is 10.6 Å². The number of nitrogens with two attached hydrogens (primary N) is 2. The lowest BCUT2D eigenvalue weighted by atomic mass is 10.00. The molecule has 6 N–H and O–H groups in total. The molecule has 10 heteroatoms. The first-order valence-electron chi connectivity index (χ1n) is 6.92. The van der Waals surface area contributed by atoms with Gasteiger partial charge in [-0.25, -0.2) is 0 Å². The highest BCUT2D eigenvalue weighted by Gasteiger charge is 2.43. The number of amidine groups is 2. The van der Waals surface area contributed by atoms with Gasteiger partial charge in [0.15, 0.2) is 0 Å². The van der Waals surface area contributed by atoms with Crippen LogP contribution >= 0.6 is 0 Å². The molecule has 2 aliphatic heterocycles. The van der Waals surface area contributed by atoms with Gasteiger partial charge in [-0.1, -0.05) is 0 Å². The Hall–Kier alpha value is -2.52. The van der Waals surface area contributed by atoms with E-state index in [4.69, 9.17) is 11.5 Å². The summed E-state index contributed by atoms with van der Waals surface area (Å²) >= 11 is 0. The van der Waals surface area contributed by atoms with Gasteiger partial charge in [0, 0.05) is 13.1 Å². The number of aliphatic imine (C=N–C) groups is 2. The Morgan fingerprint density at radius 2 is 1.32 bits per heavy atom. The molecule has 0 radical (unpaired) electrons. The molecule has 10 nitrogen and oxygen atoms in total. The number of nitrogens with one attached hydrogen (secondary N) is 2. The molecule has 0 bridgehead atoms. The van der Waals surface area contributed by atoms with E-state index in [2.05, 4.69) is 30.8 Å². The first kappa shape index (κ1) is 15.9. The van der Waals surface area contributed by atoms with Gasteiger partial charge in [0.1, 0.15) is 11.7 Å². The lowest BCUT2D eigenvalue weighted by Gasteiger charge is -2.25. The largest absolute Gasteiger partial charge is 0.369 e. The Balaban J connectivity index is 2.36. The van der Waals surface area contributed by atoms with Crippen molar-refractivity contribution in [3.63, 3.8) is 0 Å². The highest BCUT2D eigenvalue weighted by molar-refractivity contribution is 6.13. The Morgan fingerprint density at radius 1 is 0.955 bits per heavy atom. The van der Waals surface area contributed by atoms with E-state index in [9.17, 15) is 9.59 Å². The highest BCUT2D eigenvalue weighted by atomic mass is 16.2. The Morgan fingerprint density at radius 3 is 1.55 bits per heavy atom. The minimum absolute atomic E-state index is 0.330. The zero-order valence-electron chi connectivity index (χ0n) is 12.6. The molecule has 2 heterocycles. The molecule has 2 unspecified atom stereocenters. The van der Waals surface area contributed by atoms with Gasteiger partial charge < -0.3 is 22.1 Å². The number of hydrogen-bond acceptors (Lipinski definition) is 8. The van der Waals surface area contributed by atoms with Gasteiger partial charge in [-0.05, 0) is 13.8 Å². The average Bonchev–Trinajstić information content (AvgIpc) is 3.15. The van der Waals surface area contributed by atoms with E-state index in [0.29, 0.717) is 37.9 Å². The van der Waals surface area contributed by atoms with Crippen LogP contribution in [0.2, 0.25) is 0 Å². The van der Waals surface area contributed by atoms with Crippen molar-refractivity contribution in [1.29, 1.82) is 0 Å². The first-order valence-corrected chi connectivity index (χ1v) is 6.92. The molecule has 0 aliphatic carbocycles. The van der Waals surface area contributed by atoms with Crippen LogP contribution < -0.4 is 22.1 Å². The highest BCUT2D eigenvalue weighted by Crippen LogP contribution is 2.20. The maximum absolute atomic E-state index is 11.8. The molecule has 2 amide bonds. The van der Waals surface area contributed by atoms with Gasteiger partial charge in [-0.3, -0.25) is 19.6 Å². The summed E-state index contributed by atoms with van der Waals surface area (Å²) in [5.41, 5.74) is 7.91. The summed E-state index contributed by atoms with van der Waals surface area (Å²) in [7, 11) is 0. The van der Waals surface area contributed by atoms with Gasteiger partial charge in [-0.15, -0.1) is 0 Å². The molecule has 22 heavy (non-hydrogen) atoms. The Labute approximate surface area is 127 Å². The predicted molar refractivity (Wildman–Crippen MR) is 80.7 cm³/mol. The summed E-state index contributed by atoms with van der Waals surface area (Å²) in [5, 5.41) is 13.9. The van der Waals surface area contributed by atoms with E-state index in [1.165, 1.54) is 13.8 Å². The van der Waals surface area contributed by atoms with Gasteiger partial charge >= 0.3 is 0 Å². The van der Waals surface area contributed by atoms with E-state index in [1.807, 2.05) is 0 Å². The van der Waals surface area contributed by atoms with Crippen molar-refractivity contribution in [3.05, 3.63) is 0 Å². The number of rotatable bonds is 6. The zero-order valence-corrected chi connectivity index (χ0v) is 12.6. The number of nitrogens with zero attached hydrogens (tertiary/aromatic N) is 4. The Kier molecular flexibility index (Phi) is 4.11. The van der Waals surface area contributed by atoms with Crippen molar-refractivity contribution in [2.24, 2.45) is 31.7 Å². The lowest BCUT2D eigenvalue weighted by molar-refractivity contribution is -0.122. The number of carbonyl (C=O) groups is 2. The number of primary amides is 2.